The minimum atomic E-state index is 0. The number of halogens is 3. The predicted octanol–water partition coefficient (Wildman–Crippen LogP) is 4.97. The summed E-state index contributed by atoms with van der Waals surface area (Å²) < 4.78 is 5.72. The summed E-state index contributed by atoms with van der Waals surface area (Å²) in [6, 6.07) is 9.18. The quantitative estimate of drug-likeness (QED) is 0.653. The van der Waals surface area contributed by atoms with Gasteiger partial charge in [-0.25, -0.2) is 0 Å². The molecule has 0 spiro atoms. The Morgan fingerprint density at radius 2 is 1.68 bits per heavy atom. The van der Waals surface area contributed by atoms with Crippen LogP contribution in [0.1, 0.15) is 20.3 Å². The Labute approximate surface area is 182 Å². The van der Waals surface area contributed by atoms with Gasteiger partial charge in [-0.3, -0.25) is 9.78 Å². The summed E-state index contributed by atoms with van der Waals surface area (Å²) in [5, 5.41) is 1.11. The molecule has 1 amide bonds. The molecule has 1 aliphatic heterocycles. The van der Waals surface area contributed by atoms with Crippen molar-refractivity contribution in [2.45, 2.75) is 32.5 Å². The lowest BCUT2D eigenvalue weighted by atomic mass is 10.2. The minimum Gasteiger partial charge on any atom is -0.372 e. The van der Waals surface area contributed by atoms with E-state index in [-0.39, 0.29) is 30.5 Å². The molecule has 0 N–H and O–H groups in total. The van der Waals surface area contributed by atoms with Gasteiger partial charge in [0, 0.05) is 59.9 Å². The zero-order valence-electron chi connectivity index (χ0n) is 15.8. The van der Waals surface area contributed by atoms with E-state index in [1.165, 1.54) is 0 Å². The lowest BCUT2D eigenvalue weighted by Gasteiger charge is -2.36. The van der Waals surface area contributed by atoms with Gasteiger partial charge in [-0.05, 0) is 44.2 Å². The second-order valence-electron chi connectivity index (χ2n) is 6.79. The number of morpholine rings is 1. The summed E-state index contributed by atoms with van der Waals surface area (Å²) >= 11 is 12.4. The van der Waals surface area contributed by atoms with E-state index in [1.54, 1.807) is 18.5 Å². The number of carbonyl (C=O) groups is 1. The van der Waals surface area contributed by atoms with Crippen molar-refractivity contribution in [3.63, 3.8) is 0 Å². The van der Waals surface area contributed by atoms with Crippen LogP contribution in [0.5, 0.6) is 0 Å². The van der Waals surface area contributed by atoms with Crippen LogP contribution < -0.4 is 4.90 Å². The average molecular weight is 445 g/mol. The Balaban J connectivity index is 0.00000280. The number of aromatic nitrogens is 1. The maximum absolute atomic E-state index is 12.8. The van der Waals surface area contributed by atoms with Gasteiger partial charge < -0.3 is 14.5 Å². The maximum atomic E-state index is 12.8. The Morgan fingerprint density at radius 1 is 1.11 bits per heavy atom. The van der Waals surface area contributed by atoms with Crippen molar-refractivity contribution in [1.82, 2.24) is 9.88 Å². The van der Waals surface area contributed by atoms with E-state index >= 15 is 0 Å². The second kappa shape index (κ2) is 10.3. The van der Waals surface area contributed by atoms with Crippen molar-refractivity contribution in [3.05, 3.63) is 52.8 Å². The monoisotopic (exact) mass is 443 g/mol. The first-order valence-electron chi connectivity index (χ1n) is 8.99. The summed E-state index contributed by atoms with van der Waals surface area (Å²) in [4.78, 5) is 20.8. The number of carbonyl (C=O) groups excluding carboxylic acids is 1. The van der Waals surface area contributed by atoms with Gasteiger partial charge in [-0.1, -0.05) is 23.2 Å². The van der Waals surface area contributed by atoms with Crippen molar-refractivity contribution in [3.8, 4) is 0 Å². The summed E-state index contributed by atoms with van der Waals surface area (Å²) in [5.41, 5.74) is 1.77. The van der Waals surface area contributed by atoms with E-state index in [4.69, 9.17) is 27.9 Å². The van der Waals surface area contributed by atoms with Crippen LogP contribution in [0.15, 0.2) is 42.7 Å². The van der Waals surface area contributed by atoms with E-state index in [2.05, 4.69) is 4.98 Å². The van der Waals surface area contributed by atoms with Crippen molar-refractivity contribution < 1.29 is 9.53 Å². The highest BCUT2D eigenvalue weighted by molar-refractivity contribution is 6.35. The van der Waals surface area contributed by atoms with Gasteiger partial charge in [-0.2, -0.15) is 0 Å². The molecule has 1 aliphatic rings. The summed E-state index contributed by atoms with van der Waals surface area (Å²) in [6.07, 6.45) is 3.94. The van der Waals surface area contributed by atoms with Crippen LogP contribution in [0.4, 0.5) is 11.4 Å². The van der Waals surface area contributed by atoms with E-state index in [9.17, 15) is 4.79 Å². The highest BCUT2D eigenvalue weighted by Gasteiger charge is 2.26. The van der Waals surface area contributed by atoms with E-state index < -0.39 is 0 Å². The molecule has 2 aromatic rings. The number of rotatable bonds is 5. The fourth-order valence-electron chi connectivity index (χ4n) is 3.37. The first-order chi connectivity index (χ1) is 12.9. The van der Waals surface area contributed by atoms with Gasteiger partial charge in [0.1, 0.15) is 0 Å². The largest absolute Gasteiger partial charge is 0.372 e. The summed E-state index contributed by atoms with van der Waals surface area (Å²) in [7, 11) is 0. The van der Waals surface area contributed by atoms with Gasteiger partial charge in [0.05, 0.1) is 12.2 Å². The molecule has 0 saturated carbocycles. The Kier molecular flexibility index (Phi) is 8.38. The van der Waals surface area contributed by atoms with E-state index in [0.29, 0.717) is 36.1 Å². The first-order valence-corrected chi connectivity index (χ1v) is 9.75. The predicted molar refractivity (Wildman–Crippen MR) is 116 cm³/mol. The lowest BCUT2D eigenvalue weighted by Crippen LogP contribution is -2.48. The zero-order chi connectivity index (χ0) is 19.4. The number of hydrogen-bond acceptors (Lipinski definition) is 4. The third-order valence-corrected chi connectivity index (χ3v) is 4.89. The van der Waals surface area contributed by atoms with Gasteiger partial charge >= 0.3 is 0 Å². The van der Waals surface area contributed by atoms with Crippen LogP contribution in [0.25, 0.3) is 0 Å². The Morgan fingerprint density at radius 3 is 2.25 bits per heavy atom. The van der Waals surface area contributed by atoms with Crippen molar-refractivity contribution in [2.75, 3.05) is 24.5 Å². The summed E-state index contributed by atoms with van der Waals surface area (Å²) in [6.45, 7) is 5.75. The molecular weight excluding hydrogens is 421 g/mol. The number of pyridine rings is 1. The third kappa shape index (κ3) is 5.98. The molecule has 2 unspecified atom stereocenters. The number of ether oxygens (including phenoxy) is 1. The molecule has 0 bridgehead atoms. The molecule has 1 saturated heterocycles. The number of benzene rings is 1. The van der Waals surface area contributed by atoms with Gasteiger partial charge in [0.15, 0.2) is 0 Å². The Hall–Kier alpha value is -1.53. The van der Waals surface area contributed by atoms with Crippen LogP contribution in [-0.4, -0.2) is 47.6 Å². The van der Waals surface area contributed by atoms with E-state index in [0.717, 1.165) is 11.4 Å². The molecule has 0 aliphatic carbocycles. The molecule has 0 radical (unpaired) electrons. The molecule has 8 heteroatoms. The fraction of sp³-hybridized carbons (Fsp3) is 0.400. The number of hydrogen-bond donors (Lipinski definition) is 0. The fourth-order valence-corrected chi connectivity index (χ4v) is 3.89. The van der Waals surface area contributed by atoms with Crippen molar-refractivity contribution in [2.24, 2.45) is 0 Å². The third-order valence-electron chi connectivity index (χ3n) is 4.45. The maximum Gasteiger partial charge on any atom is 0.224 e. The molecule has 152 valence electrons. The van der Waals surface area contributed by atoms with E-state index in [1.807, 2.05) is 47.9 Å². The van der Waals surface area contributed by atoms with Gasteiger partial charge in [-0.15, -0.1) is 12.4 Å². The summed E-state index contributed by atoms with van der Waals surface area (Å²) in [5.74, 6) is 0.115. The minimum absolute atomic E-state index is 0. The van der Waals surface area contributed by atoms with Crippen molar-refractivity contribution in [1.29, 1.82) is 0 Å². The second-order valence-corrected chi connectivity index (χ2v) is 7.66. The molecular formula is C20H24Cl3N3O2. The van der Waals surface area contributed by atoms with Crippen LogP contribution in [0.3, 0.4) is 0 Å². The smallest absolute Gasteiger partial charge is 0.224 e. The lowest BCUT2D eigenvalue weighted by molar-refractivity contribution is -0.142. The SMILES string of the molecule is CC1CN(C(=O)CCN(c2ccncc2)c2cc(Cl)cc(Cl)c2)CC(C)O1.Cl. The van der Waals surface area contributed by atoms with Crippen LogP contribution in [0, 0.1) is 0 Å². The molecule has 2 atom stereocenters. The molecule has 3 rings (SSSR count). The average Bonchev–Trinajstić information content (AvgIpc) is 2.61. The Bertz CT molecular complexity index is 761. The molecule has 1 aromatic heterocycles. The van der Waals surface area contributed by atoms with Gasteiger partial charge in [0.2, 0.25) is 5.91 Å². The topological polar surface area (TPSA) is 45.7 Å². The zero-order valence-corrected chi connectivity index (χ0v) is 18.2. The number of nitrogens with zero attached hydrogens (tertiary/aromatic N) is 3. The van der Waals surface area contributed by atoms with Crippen LogP contribution >= 0.6 is 35.6 Å². The molecule has 5 nitrogen and oxygen atoms in total. The standard InChI is InChI=1S/C20H23Cl2N3O2.ClH/c1-14-12-24(13-15(2)27-14)20(26)5-8-25(18-3-6-23-7-4-18)19-10-16(21)9-17(22)11-19;/h3-4,6-7,9-11,14-15H,5,8,12-13H2,1-2H3;1H. The highest BCUT2D eigenvalue weighted by Crippen LogP contribution is 2.30. The van der Waals surface area contributed by atoms with Crippen molar-refractivity contribution >= 4 is 52.9 Å². The number of anilines is 2. The highest BCUT2D eigenvalue weighted by atomic mass is 35.5. The molecule has 28 heavy (non-hydrogen) atoms. The normalized spacial score (nSPS) is 19.1. The number of amides is 1. The van der Waals surface area contributed by atoms with Crippen LogP contribution in [0.2, 0.25) is 10.0 Å². The molecule has 1 fully saturated rings. The van der Waals surface area contributed by atoms with Crippen LogP contribution in [-0.2, 0) is 9.53 Å². The van der Waals surface area contributed by atoms with Gasteiger partial charge in [0.25, 0.3) is 0 Å². The molecule has 2 heterocycles. The first kappa shape index (κ1) is 22.8. The molecule has 1 aromatic carbocycles.